The molecule has 0 bridgehead atoms. The lowest BCUT2D eigenvalue weighted by atomic mass is 10.1. The van der Waals surface area contributed by atoms with Gasteiger partial charge in [0.2, 0.25) is 0 Å². The van der Waals surface area contributed by atoms with Crippen LogP contribution in [0.5, 0.6) is 5.75 Å². The molecule has 0 heterocycles. The number of benzene rings is 1. The van der Waals surface area contributed by atoms with Crippen molar-refractivity contribution in [2.24, 2.45) is 5.92 Å². The minimum Gasteiger partial charge on any atom is -0.490 e. The third kappa shape index (κ3) is 4.20. The number of halogens is 2. The molecule has 0 amide bonds. The zero-order valence-electron chi connectivity index (χ0n) is 8.88. The first-order valence-electron chi connectivity index (χ1n) is 5.21. The highest BCUT2D eigenvalue weighted by atomic mass is 79.9. The Bertz CT molecular complexity index is 291. The van der Waals surface area contributed by atoms with Crippen LogP contribution in [0.4, 0.5) is 4.39 Å². The van der Waals surface area contributed by atoms with Crippen molar-refractivity contribution in [1.29, 1.82) is 0 Å². The molecule has 0 N–H and O–H groups in total. The van der Waals surface area contributed by atoms with Gasteiger partial charge in [-0.25, -0.2) is 4.39 Å². The van der Waals surface area contributed by atoms with Crippen molar-refractivity contribution < 1.29 is 9.13 Å². The van der Waals surface area contributed by atoms with Gasteiger partial charge in [0.15, 0.2) is 11.6 Å². The number of para-hydroxylation sites is 1. The minimum atomic E-state index is -0.290. The third-order valence-corrected chi connectivity index (χ3v) is 3.14. The molecule has 0 fully saturated rings. The second kappa shape index (κ2) is 6.83. The Kier molecular flexibility index (Phi) is 5.69. The number of alkyl halides is 1. The highest BCUT2D eigenvalue weighted by molar-refractivity contribution is 9.09. The SMILES string of the molecule is CCCC(CBr)COc1ccccc1F. The van der Waals surface area contributed by atoms with Gasteiger partial charge in [-0.05, 0) is 18.6 Å². The van der Waals surface area contributed by atoms with Crippen LogP contribution in [0.1, 0.15) is 19.8 Å². The van der Waals surface area contributed by atoms with Crippen molar-refractivity contribution in [2.45, 2.75) is 19.8 Å². The third-order valence-electron chi connectivity index (χ3n) is 2.23. The predicted molar refractivity (Wildman–Crippen MR) is 64.1 cm³/mol. The van der Waals surface area contributed by atoms with E-state index in [1.54, 1.807) is 18.2 Å². The molecule has 1 atom stereocenters. The van der Waals surface area contributed by atoms with Gasteiger partial charge in [-0.3, -0.25) is 0 Å². The van der Waals surface area contributed by atoms with E-state index in [1.165, 1.54) is 6.07 Å². The molecule has 84 valence electrons. The highest BCUT2D eigenvalue weighted by Gasteiger charge is 2.08. The maximum Gasteiger partial charge on any atom is 0.165 e. The molecule has 1 unspecified atom stereocenters. The van der Waals surface area contributed by atoms with Gasteiger partial charge in [0.25, 0.3) is 0 Å². The minimum absolute atomic E-state index is 0.290. The zero-order valence-corrected chi connectivity index (χ0v) is 10.5. The fourth-order valence-electron chi connectivity index (χ4n) is 1.38. The molecular formula is C12H16BrFO. The molecule has 1 aromatic rings. The Morgan fingerprint density at radius 2 is 2.13 bits per heavy atom. The van der Waals surface area contributed by atoms with E-state index in [0.717, 1.165) is 18.2 Å². The normalized spacial score (nSPS) is 12.5. The van der Waals surface area contributed by atoms with Crippen molar-refractivity contribution >= 4 is 15.9 Å². The topological polar surface area (TPSA) is 9.23 Å². The molecule has 0 saturated heterocycles. The summed E-state index contributed by atoms with van der Waals surface area (Å²) in [7, 11) is 0. The first-order chi connectivity index (χ1) is 7.27. The van der Waals surface area contributed by atoms with Gasteiger partial charge in [0.1, 0.15) is 0 Å². The lowest BCUT2D eigenvalue weighted by Crippen LogP contribution is -2.13. The van der Waals surface area contributed by atoms with Crippen LogP contribution in [0, 0.1) is 11.7 Å². The van der Waals surface area contributed by atoms with Gasteiger partial charge < -0.3 is 4.74 Å². The molecule has 0 spiro atoms. The molecule has 0 aliphatic heterocycles. The standard InChI is InChI=1S/C12H16BrFO/c1-2-5-10(8-13)9-15-12-7-4-3-6-11(12)14/h3-4,6-7,10H,2,5,8-9H2,1H3. The molecule has 15 heavy (non-hydrogen) atoms. The smallest absolute Gasteiger partial charge is 0.165 e. The molecular weight excluding hydrogens is 259 g/mol. The van der Waals surface area contributed by atoms with E-state index in [-0.39, 0.29) is 5.82 Å². The van der Waals surface area contributed by atoms with Crippen molar-refractivity contribution in [3.05, 3.63) is 30.1 Å². The van der Waals surface area contributed by atoms with Crippen molar-refractivity contribution in [3.63, 3.8) is 0 Å². The summed E-state index contributed by atoms with van der Waals surface area (Å²) in [6.07, 6.45) is 2.22. The Labute approximate surface area is 98.8 Å². The van der Waals surface area contributed by atoms with Crippen molar-refractivity contribution in [3.8, 4) is 5.75 Å². The molecule has 0 aliphatic rings. The second-order valence-corrected chi connectivity index (χ2v) is 4.20. The number of hydrogen-bond donors (Lipinski definition) is 0. The van der Waals surface area contributed by atoms with Crippen LogP contribution < -0.4 is 4.74 Å². The van der Waals surface area contributed by atoms with E-state index in [0.29, 0.717) is 18.3 Å². The second-order valence-electron chi connectivity index (χ2n) is 3.55. The molecule has 0 saturated carbocycles. The van der Waals surface area contributed by atoms with Crippen LogP contribution in [0.2, 0.25) is 0 Å². The van der Waals surface area contributed by atoms with Gasteiger partial charge in [0.05, 0.1) is 6.61 Å². The quantitative estimate of drug-likeness (QED) is 0.712. The Morgan fingerprint density at radius 1 is 1.40 bits per heavy atom. The summed E-state index contributed by atoms with van der Waals surface area (Å²) < 4.78 is 18.6. The average Bonchev–Trinajstić information content (AvgIpc) is 2.26. The fourth-order valence-corrected chi connectivity index (χ4v) is 1.89. The summed E-state index contributed by atoms with van der Waals surface area (Å²) in [6.45, 7) is 2.71. The lowest BCUT2D eigenvalue weighted by molar-refractivity contribution is 0.245. The van der Waals surface area contributed by atoms with E-state index >= 15 is 0 Å². The number of rotatable bonds is 6. The average molecular weight is 275 g/mol. The maximum absolute atomic E-state index is 13.2. The summed E-state index contributed by atoms with van der Waals surface area (Å²) in [5.41, 5.74) is 0. The number of ether oxygens (including phenoxy) is 1. The van der Waals surface area contributed by atoms with E-state index in [2.05, 4.69) is 22.9 Å². The van der Waals surface area contributed by atoms with Crippen LogP contribution in [0.3, 0.4) is 0 Å². The van der Waals surface area contributed by atoms with Crippen molar-refractivity contribution in [2.75, 3.05) is 11.9 Å². The molecule has 0 aliphatic carbocycles. The van der Waals surface area contributed by atoms with Crippen LogP contribution in [0.25, 0.3) is 0 Å². The Balaban J connectivity index is 2.45. The van der Waals surface area contributed by atoms with Gasteiger partial charge in [-0.15, -0.1) is 0 Å². The highest BCUT2D eigenvalue weighted by Crippen LogP contribution is 2.18. The monoisotopic (exact) mass is 274 g/mol. The van der Waals surface area contributed by atoms with E-state index in [9.17, 15) is 4.39 Å². The molecule has 0 aromatic heterocycles. The number of hydrogen-bond acceptors (Lipinski definition) is 1. The molecule has 1 aromatic carbocycles. The van der Waals surface area contributed by atoms with Gasteiger partial charge in [0, 0.05) is 11.2 Å². The molecule has 3 heteroatoms. The lowest BCUT2D eigenvalue weighted by Gasteiger charge is -2.14. The van der Waals surface area contributed by atoms with Crippen LogP contribution in [-0.4, -0.2) is 11.9 Å². The predicted octanol–water partition coefficient (Wildman–Crippen LogP) is 4.02. The summed E-state index contributed by atoms with van der Waals surface area (Å²) in [6, 6.07) is 6.52. The van der Waals surface area contributed by atoms with E-state index in [4.69, 9.17) is 4.74 Å². The zero-order chi connectivity index (χ0) is 11.1. The van der Waals surface area contributed by atoms with Crippen LogP contribution >= 0.6 is 15.9 Å². The largest absolute Gasteiger partial charge is 0.490 e. The van der Waals surface area contributed by atoms with Crippen LogP contribution in [0.15, 0.2) is 24.3 Å². The molecule has 0 radical (unpaired) electrons. The molecule has 1 rings (SSSR count). The van der Waals surface area contributed by atoms with E-state index in [1.807, 2.05) is 0 Å². The Morgan fingerprint density at radius 3 is 2.73 bits per heavy atom. The summed E-state index contributed by atoms with van der Waals surface area (Å²) in [4.78, 5) is 0. The first-order valence-corrected chi connectivity index (χ1v) is 6.33. The summed E-state index contributed by atoms with van der Waals surface area (Å²) >= 11 is 3.44. The summed E-state index contributed by atoms with van der Waals surface area (Å²) in [5, 5.41) is 0.898. The van der Waals surface area contributed by atoms with Crippen LogP contribution in [-0.2, 0) is 0 Å². The van der Waals surface area contributed by atoms with E-state index < -0.39 is 0 Å². The maximum atomic E-state index is 13.2. The van der Waals surface area contributed by atoms with Gasteiger partial charge >= 0.3 is 0 Å². The summed E-state index contributed by atoms with van der Waals surface area (Å²) in [5.74, 6) is 0.511. The molecule has 1 nitrogen and oxygen atoms in total. The first kappa shape index (κ1) is 12.5. The van der Waals surface area contributed by atoms with Gasteiger partial charge in [-0.1, -0.05) is 41.4 Å². The fraction of sp³-hybridized carbons (Fsp3) is 0.500. The van der Waals surface area contributed by atoms with Gasteiger partial charge in [-0.2, -0.15) is 0 Å². The van der Waals surface area contributed by atoms with Crippen molar-refractivity contribution in [1.82, 2.24) is 0 Å². The Hall–Kier alpha value is -0.570.